The zero-order valence-electron chi connectivity index (χ0n) is 19.0. The van der Waals surface area contributed by atoms with E-state index in [1.165, 1.54) is 19.1 Å². The second kappa shape index (κ2) is 11.1. The predicted octanol–water partition coefficient (Wildman–Crippen LogP) is 3.49. The lowest BCUT2D eigenvalue weighted by molar-refractivity contribution is -0.120. The van der Waals surface area contributed by atoms with Crippen LogP contribution in [0.3, 0.4) is 0 Å². The average Bonchev–Trinajstić information content (AvgIpc) is 2.97. The number of carbonyl (C=O) groups is 2. The Morgan fingerprint density at radius 2 is 1.82 bits per heavy atom. The van der Waals surface area contributed by atoms with Gasteiger partial charge in [-0.25, -0.2) is 0 Å². The first-order valence-electron chi connectivity index (χ1n) is 11.0. The third-order valence-corrected chi connectivity index (χ3v) is 6.75. The van der Waals surface area contributed by atoms with Crippen molar-refractivity contribution in [3.8, 4) is 0 Å². The van der Waals surface area contributed by atoms with Crippen LogP contribution in [0.5, 0.6) is 0 Å². The van der Waals surface area contributed by atoms with Crippen LogP contribution in [-0.4, -0.2) is 44.6 Å². The highest BCUT2D eigenvalue weighted by molar-refractivity contribution is 7.90. The van der Waals surface area contributed by atoms with E-state index < -0.39 is 16.1 Å². The van der Waals surface area contributed by atoms with Crippen LogP contribution >= 0.6 is 0 Å². The fourth-order valence-electron chi connectivity index (χ4n) is 3.75. The number of amidine groups is 1. The molecule has 33 heavy (non-hydrogen) atoms. The van der Waals surface area contributed by atoms with Crippen LogP contribution in [0.25, 0.3) is 0 Å². The molecule has 2 aromatic carbocycles. The maximum absolute atomic E-state index is 12.9. The van der Waals surface area contributed by atoms with E-state index in [1.807, 2.05) is 42.3 Å². The number of hydrogen-bond acceptors (Lipinski definition) is 4. The van der Waals surface area contributed by atoms with Gasteiger partial charge in [-0.15, -0.1) is 4.40 Å². The number of benzene rings is 2. The van der Waals surface area contributed by atoms with Gasteiger partial charge in [-0.3, -0.25) is 9.59 Å². The SMILES string of the molecule is CC(=O)NC(CC(=O)Nc1cccc(S(=O)(=O)/N=C2\CCCCCN2C)c1)c1ccccc1. The third kappa shape index (κ3) is 7.15. The van der Waals surface area contributed by atoms with Crippen LogP contribution in [-0.2, 0) is 19.6 Å². The maximum Gasteiger partial charge on any atom is 0.284 e. The van der Waals surface area contributed by atoms with E-state index >= 15 is 0 Å². The molecule has 1 saturated heterocycles. The minimum absolute atomic E-state index is 0.00761. The van der Waals surface area contributed by atoms with Crippen LogP contribution in [0.15, 0.2) is 63.9 Å². The van der Waals surface area contributed by atoms with Crippen molar-refractivity contribution in [3.05, 3.63) is 60.2 Å². The summed E-state index contributed by atoms with van der Waals surface area (Å²) in [4.78, 5) is 26.2. The first kappa shape index (κ1) is 24.4. The van der Waals surface area contributed by atoms with E-state index in [4.69, 9.17) is 0 Å². The Hall–Kier alpha value is -3.20. The summed E-state index contributed by atoms with van der Waals surface area (Å²) in [6.07, 6.45) is 3.60. The molecule has 2 amide bonds. The molecule has 9 heteroatoms. The molecule has 1 atom stereocenters. The van der Waals surface area contributed by atoms with Crippen molar-refractivity contribution in [1.82, 2.24) is 10.2 Å². The third-order valence-electron chi connectivity index (χ3n) is 5.44. The van der Waals surface area contributed by atoms with E-state index in [2.05, 4.69) is 15.0 Å². The van der Waals surface area contributed by atoms with Gasteiger partial charge >= 0.3 is 0 Å². The molecule has 2 aromatic rings. The van der Waals surface area contributed by atoms with Crippen molar-refractivity contribution in [3.63, 3.8) is 0 Å². The number of likely N-dealkylation sites (tertiary alicyclic amines) is 1. The molecule has 2 N–H and O–H groups in total. The molecule has 176 valence electrons. The molecule has 0 aliphatic carbocycles. The molecule has 8 nitrogen and oxygen atoms in total. The number of sulfonamides is 1. The Bertz CT molecular complexity index is 1120. The van der Waals surface area contributed by atoms with Gasteiger partial charge in [0.2, 0.25) is 11.8 Å². The number of nitrogens with one attached hydrogen (secondary N) is 2. The van der Waals surface area contributed by atoms with Crippen LogP contribution in [0, 0.1) is 0 Å². The molecule has 1 heterocycles. The normalized spacial score (nSPS) is 16.7. The molecule has 1 fully saturated rings. The average molecular weight is 471 g/mol. The van der Waals surface area contributed by atoms with Gasteiger partial charge in [0.15, 0.2) is 0 Å². The van der Waals surface area contributed by atoms with E-state index in [0.29, 0.717) is 17.9 Å². The summed E-state index contributed by atoms with van der Waals surface area (Å²) in [6, 6.07) is 14.8. The number of rotatable bonds is 7. The quantitative estimate of drug-likeness (QED) is 0.644. The zero-order chi connectivity index (χ0) is 23.8. The Morgan fingerprint density at radius 1 is 1.06 bits per heavy atom. The van der Waals surface area contributed by atoms with Gasteiger partial charge in [-0.1, -0.05) is 42.8 Å². The Kier molecular flexibility index (Phi) is 8.21. The van der Waals surface area contributed by atoms with Gasteiger partial charge in [0.05, 0.1) is 17.4 Å². The van der Waals surface area contributed by atoms with Gasteiger partial charge < -0.3 is 15.5 Å². The summed E-state index contributed by atoms with van der Waals surface area (Å²) >= 11 is 0. The lowest BCUT2D eigenvalue weighted by Gasteiger charge is -2.18. The monoisotopic (exact) mass is 470 g/mol. The van der Waals surface area contributed by atoms with Gasteiger partial charge in [0, 0.05) is 32.6 Å². The lowest BCUT2D eigenvalue weighted by Crippen LogP contribution is -2.29. The molecule has 0 saturated carbocycles. The van der Waals surface area contributed by atoms with Crippen LogP contribution in [0.4, 0.5) is 5.69 Å². The van der Waals surface area contributed by atoms with E-state index in [-0.39, 0.29) is 23.1 Å². The summed E-state index contributed by atoms with van der Waals surface area (Å²) in [7, 11) is -2.06. The van der Waals surface area contributed by atoms with Gasteiger partial charge in [-0.05, 0) is 36.6 Å². The summed E-state index contributed by atoms with van der Waals surface area (Å²) in [5.41, 5.74) is 1.16. The van der Waals surface area contributed by atoms with Crippen molar-refractivity contribution in [1.29, 1.82) is 0 Å². The number of amides is 2. The predicted molar refractivity (Wildman–Crippen MR) is 128 cm³/mol. The van der Waals surface area contributed by atoms with Gasteiger partial charge in [0.25, 0.3) is 10.0 Å². The zero-order valence-corrected chi connectivity index (χ0v) is 19.8. The van der Waals surface area contributed by atoms with E-state index in [0.717, 1.165) is 31.4 Å². The highest BCUT2D eigenvalue weighted by Crippen LogP contribution is 2.22. The topological polar surface area (TPSA) is 108 Å². The number of carbonyl (C=O) groups excluding carboxylic acids is 2. The second-order valence-corrected chi connectivity index (χ2v) is 9.76. The smallest absolute Gasteiger partial charge is 0.284 e. The molecule has 1 unspecified atom stereocenters. The minimum atomic E-state index is -3.91. The molecule has 0 aromatic heterocycles. The molecule has 0 radical (unpaired) electrons. The molecular weight excluding hydrogens is 440 g/mol. The fourth-order valence-corrected chi connectivity index (χ4v) is 4.89. The van der Waals surface area contributed by atoms with Crippen LogP contribution in [0.2, 0.25) is 0 Å². The summed E-state index contributed by atoms with van der Waals surface area (Å²) in [5.74, 6) is -0.0303. The highest BCUT2D eigenvalue weighted by atomic mass is 32.2. The molecule has 1 aliphatic rings. The Morgan fingerprint density at radius 3 is 2.55 bits per heavy atom. The summed E-state index contributed by atoms with van der Waals surface area (Å²) in [5, 5.41) is 5.52. The molecule has 3 rings (SSSR count). The Labute approximate surface area is 195 Å². The van der Waals surface area contributed by atoms with Crippen molar-refractivity contribution in [2.45, 2.75) is 50.0 Å². The second-order valence-electron chi connectivity index (χ2n) is 8.16. The summed E-state index contributed by atoms with van der Waals surface area (Å²) < 4.78 is 29.9. The molecule has 1 aliphatic heterocycles. The molecule has 0 bridgehead atoms. The van der Waals surface area contributed by atoms with Crippen molar-refractivity contribution in [2.24, 2.45) is 4.40 Å². The van der Waals surface area contributed by atoms with E-state index in [1.54, 1.807) is 12.1 Å². The molecule has 0 spiro atoms. The largest absolute Gasteiger partial charge is 0.362 e. The van der Waals surface area contributed by atoms with E-state index in [9.17, 15) is 18.0 Å². The summed E-state index contributed by atoms with van der Waals surface area (Å²) in [6.45, 7) is 2.18. The number of nitrogens with zero attached hydrogens (tertiary/aromatic N) is 2. The number of anilines is 1. The van der Waals surface area contributed by atoms with Crippen molar-refractivity contribution >= 4 is 33.4 Å². The lowest BCUT2D eigenvalue weighted by atomic mass is 10.0. The van der Waals surface area contributed by atoms with Gasteiger partial charge in [0.1, 0.15) is 5.84 Å². The number of hydrogen-bond donors (Lipinski definition) is 2. The van der Waals surface area contributed by atoms with Gasteiger partial charge in [-0.2, -0.15) is 8.42 Å². The van der Waals surface area contributed by atoms with Crippen molar-refractivity contribution in [2.75, 3.05) is 18.9 Å². The molecular formula is C24H30N4O4S. The van der Waals surface area contributed by atoms with Crippen LogP contribution < -0.4 is 10.6 Å². The first-order chi connectivity index (χ1) is 15.7. The standard InChI is InChI=1S/C24H30N4O4S/c1-18(29)25-22(19-10-5-3-6-11-19)17-24(30)26-20-12-9-13-21(16-20)33(31,32)27-23-14-7-4-8-15-28(23)2/h3,5-6,9-13,16,22H,4,7-8,14-15,17H2,1-2H3,(H,25,29)(H,26,30)/b27-23+. The van der Waals surface area contributed by atoms with Crippen molar-refractivity contribution < 1.29 is 18.0 Å². The minimum Gasteiger partial charge on any atom is -0.362 e. The fraction of sp³-hybridized carbons (Fsp3) is 0.375. The maximum atomic E-state index is 12.9. The highest BCUT2D eigenvalue weighted by Gasteiger charge is 2.20. The Balaban J connectivity index is 1.74. The van der Waals surface area contributed by atoms with Crippen LogP contribution in [0.1, 0.15) is 50.6 Å². The first-order valence-corrected chi connectivity index (χ1v) is 12.5.